The van der Waals surface area contributed by atoms with E-state index in [0.29, 0.717) is 5.92 Å². The lowest BCUT2D eigenvalue weighted by Gasteiger charge is -2.35. The smallest absolute Gasteiger partial charge is 0.285 e. The maximum atomic E-state index is 12.3. The van der Waals surface area contributed by atoms with Crippen LogP contribution in [-0.2, 0) is 9.59 Å². The summed E-state index contributed by atoms with van der Waals surface area (Å²) < 4.78 is 0. The van der Waals surface area contributed by atoms with Crippen LogP contribution < -0.4 is 10.6 Å². The van der Waals surface area contributed by atoms with E-state index in [1.165, 1.54) is 5.69 Å². The van der Waals surface area contributed by atoms with Crippen LogP contribution in [0.2, 0.25) is 0 Å². The first kappa shape index (κ1) is 17.9. The molecule has 1 unspecified atom stereocenters. The molecule has 1 aromatic carbocycles. The highest BCUT2D eigenvalue weighted by atomic mass is 16.2. The number of rotatable bonds is 4. The number of benzene rings is 1. The van der Waals surface area contributed by atoms with Gasteiger partial charge in [-0.15, -0.1) is 0 Å². The Morgan fingerprint density at radius 2 is 1.68 bits per heavy atom. The third-order valence-electron chi connectivity index (χ3n) is 5.88. The fourth-order valence-electron chi connectivity index (χ4n) is 4.25. The van der Waals surface area contributed by atoms with E-state index in [9.17, 15) is 9.59 Å². The molecule has 0 bridgehead atoms. The largest absolute Gasteiger partial charge is 0.369 e. The number of hydrogen-bond donors (Lipinski definition) is 1. The van der Waals surface area contributed by atoms with Gasteiger partial charge in [-0.05, 0) is 49.4 Å². The standard InChI is InChI=1S/C20H29N3O2/c1-14-3-8-17(18(13-14)19(24)20(21)25)15-4-6-16(7-5-15)23-11-9-22(2)10-12-23/h4-7,14,17-18H,3,8-13H2,1-2H3,(H2,21,25)/t14-,17+,18?/m0/s1. The molecule has 25 heavy (non-hydrogen) atoms. The monoisotopic (exact) mass is 343 g/mol. The van der Waals surface area contributed by atoms with Crippen LogP contribution in [0.15, 0.2) is 24.3 Å². The maximum absolute atomic E-state index is 12.3. The lowest BCUT2D eigenvalue weighted by molar-refractivity contribution is -0.139. The molecule has 2 N–H and O–H groups in total. The van der Waals surface area contributed by atoms with E-state index in [4.69, 9.17) is 5.73 Å². The summed E-state index contributed by atoms with van der Waals surface area (Å²) in [5, 5.41) is 0. The second-order valence-corrected chi connectivity index (χ2v) is 7.74. The number of Topliss-reactive ketones (excluding diaryl/α,β-unsaturated/α-hetero) is 1. The Morgan fingerprint density at radius 3 is 2.28 bits per heavy atom. The number of primary amides is 1. The lowest BCUT2D eigenvalue weighted by Crippen LogP contribution is -2.44. The third-order valence-corrected chi connectivity index (χ3v) is 5.88. The Labute approximate surface area is 150 Å². The van der Waals surface area contributed by atoms with Crippen molar-refractivity contribution in [2.75, 3.05) is 38.1 Å². The molecule has 1 heterocycles. The number of likely N-dealkylation sites (N-methyl/N-ethyl adjacent to an activating group) is 1. The van der Waals surface area contributed by atoms with Gasteiger partial charge in [0, 0.05) is 37.8 Å². The molecule has 1 aliphatic heterocycles. The number of anilines is 1. The highest BCUT2D eigenvalue weighted by Gasteiger charge is 2.36. The van der Waals surface area contributed by atoms with E-state index in [2.05, 4.69) is 48.0 Å². The summed E-state index contributed by atoms with van der Waals surface area (Å²) in [6, 6.07) is 8.58. The number of amides is 1. The predicted octanol–water partition coefficient (Wildman–Crippen LogP) is 2.01. The second-order valence-electron chi connectivity index (χ2n) is 7.74. The molecule has 1 saturated carbocycles. The first-order chi connectivity index (χ1) is 12.0. The van der Waals surface area contributed by atoms with Crippen molar-refractivity contribution >= 4 is 17.4 Å². The van der Waals surface area contributed by atoms with E-state index >= 15 is 0 Å². The number of carbonyl (C=O) groups is 2. The molecule has 0 radical (unpaired) electrons. The van der Waals surface area contributed by atoms with Gasteiger partial charge in [-0.3, -0.25) is 9.59 Å². The van der Waals surface area contributed by atoms with Gasteiger partial charge in [0.1, 0.15) is 0 Å². The zero-order valence-electron chi connectivity index (χ0n) is 15.3. The minimum Gasteiger partial charge on any atom is -0.369 e. The molecule has 5 heteroatoms. The van der Waals surface area contributed by atoms with Crippen molar-refractivity contribution in [2.45, 2.75) is 32.1 Å². The van der Waals surface area contributed by atoms with Gasteiger partial charge in [-0.25, -0.2) is 0 Å². The summed E-state index contributed by atoms with van der Waals surface area (Å²) in [6.07, 6.45) is 2.79. The summed E-state index contributed by atoms with van der Waals surface area (Å²) in [6.45, 7) is 6.39. The topological polar surface area (TPSA) is 66.6 Å². The normalized spacial score (nSPS) is 27.9. The minimum absolute atomic E-state index is 0.109. The van der Waals surface area contributed by atoms with Crippen molar-refractivity contribution in [2.24, 2.45) is 17.6 Å². The van der Waals surface area contributed by atoms with Gasteiger partial charge in [0.05, 0.1) is 0 Å². The Bertz CT molecular complexity index is 620. The number of ketones is 1. The summed E-state index contributed by atoms with van der Waals surface area (Å²) in [5.74, 6) is -0.888. The number of piperazine rings is 1. The number of nitrogens with zero attached hydrogens (tertiary/aromatic N) is 2. The van der Waals surface area contributed by atoms with Gasteiger partial charge < -0.3 is 15.5 Å². The van der Waals surface area contributed by atoms with Gasteiger partial charge in [-0.2, -0.15) is 0 Å². The summed E-state index contributed by atoms with van der Waals surface area (Å²) in [7, 11) is 2.15. The number of hydrogen-bond acceptors (Lipinski definition) is 4. The van der Waals surface area contributed by atoms with Gasteiger partial charge in [0.2, 0.25) is 5.78 Å². The molecular formula is C20H29N3O2. The highest BCUT2D eigenvalue weighted by molar-refractivity contribution is 6.36. The van der Waals surface area contributed by atoms with Crippen LogP contribution >= 0.6 is 0 Å². The Kier molecular flexibility index (Phi) is 5.42. The summed E-state index contributed by atoms with van der Waals surface area (Å²) in [5.41, 5.74) is 7.68. The first-order valence-corrected chi connectivity index (χ1v) is 9.33. The molecule has 0 spiro atoms. The highest BCUT2D eigenvalue weighted by Crippen LogP contribution is 2.41. The van der Waals surface area contributed by atoms with Crippen molar-refractivity contribution in [1.82, 2.24) is 4.90 Å². The van der Waals surface area contributed by atoms with Crippen LogP contribution in [0.4, 0.5) is 5.69 Å². The average Bonchev–Trinajstić information content (AvgIpc) is 2.62. The van der Waals surface area contributed by atoms with Crippen LogP contribution in [0, 0.1) is 11.8 Å². The van der Waals surface area contributed by atoms with Crippen molar-refractivity contribution < 1.29 is 9.59 Å². The van der Waals surface area contributed by atoms with Gasteiger partial charge in [0.15, 0.2) is 0 Å². The summed E-state index contributed by atoms with van der Waals surface area (Å²) in [4.78, 5) is 28.5. The zero-order chi connectivity index (χ0) is 18.0. The van der Waals surface area contributed by atoms with Gasteiger partial charge >= 0.3 is 0 Å². The molecule has 5 nitrogen and oxygen atoms in total. The SMILES string of the molecule is C[C@H]1CC[C@H](c2ccc(N3CCN(C)CC3)cc2)C(C(=O)C(N)=O)C1. The Morgan fingerprint density at radius 1 is 1.04 bits per heavy atom. The lowest BCUT2D eigenvalue weighted by atomic mass is 9.70. The molecule has 3 rings (SSSR count). The van der Waals surface area contributed by atoms with Crippen molar-refractivity contribution in [3.63, 3.8) is 0 Å². The maximum Gasteiger partial charge on any atom is 0.285 e. The van der Waals surface area contributed by atoms with Crippen LogP contribution in [0.1, 0.15) is 37.7 Å². The number of nitrogens with two attached hydrogens (primary N) is 1. The molecule has 2 aliphatic rings. The van der Waals surface area contributed by atoms with Crippen LogP contribution in [0.3, 0.4) is 0 Å². The van der Waals surface area contributed by atoms with Crippen LogP contribution in [0.5, 0.6) is 0 Å². The fraction of sp³-hybridized carbons (Fsp3) is 0.600. The van der Waals surface area contributed by atoms with E-state index in [1.54, 1.807) is 0 Å². The Balaban J connectivity index is 1.75. The predicted molar refractivity (Wildman–Crippen MR) is 99.6 cm³/mol. The molecule has 2 fully saturated rings. The molecule has 136 valence electrons. The quantitative estimate of drug-likeness (QED) is 0.849. The van der Waals surface area contributed by atoms with Gasteiger partial charge in [-0.1, -0.05) is 25.5 Å². The van der Waals surface area contributed by atoms with E-state index in [1.807, 2.05) is 0 Å². The average molecular weight is 343 g/mol. The molecule has 3 atom stereocenters. The minimum atomic E-state index is -0.793. The molecular weight excluding hydrogens is 314 g/mol. The van der Waals surface area contributed by atoms with Crippen LogP contribution in [0.25, 0.3) is 0 Å². The van der Waals surface area contributed by atoms with Crippen molar-refractivity contribution in [1.29, 1.82) is 0 Å². The molecule has 1 amide bonds. The van der Waals surface area contributed by atoms with E-state index in [0.717, 1.165) is 51.0 Å². The van der Waals surface area contributed by atoms with E-state index < -0.39 is 11.7 Å². The summed E-state index contributed by atoms with van der Waals surface area (Å²) >= 11 is 0. The van der Waals surface area contributed by atoms with Gasteiger partial charge in [0.25, 0.3) is 5.91 Å². The zero-order valence-corrected chi connectivity index (χ0v) is 15.3. The van der Waals surface area contributed by atoms with Crippen LogP contribution in [-0.4, -0.2) is 49.8 Å². The molecule has 1 aromatic rings. The van der Waals surface area contributed by atoms with Crippen molar-refractivity contribution in [3.05, 3.63) is 29.8 Å². The van der Waals surface area contributed by atoms with Crippen molar-refractivity contribution in [3.8, 4) is 0 Å². The molecule has 0 aromatic heterocycles. The second kappa shape index (κ2) is 7.56. The first-order valence-electron chi connectivity index (χ1n) is 9.33. The Hall–Kier alpha value is -1.88. The third kappa shape index (κ3) is 4.03. The fourth-order valence-corrected chi connectivity index (χ4v) is 4.25. The molecule has 1 saturated heterocycles. The molecule has 1 aliphatic carbocycles. The van der Waals surface area contributed by atoms with E-state index in [-0.39, 0.29) is 11.8 Å². The number of carbonyl (C=O) groups excluding carboxylic acids is 2.